The van der Waals surface area contributed by atoms with Gasteiger partial charge in [0.15, 0.2) is 0 Å². The van der Waals surface area contributed by atoms with Crippen molar-refractivity contribution in [1.29, 1.82) is 0 Å². The molecular formula is C16H19N3O3S. The van der Waals surface area contributed by atoms with E-state index in [0.717, 1.165) is 5.56 Å². The van der Waals surface area contributed by atoms with Crippen molar-refractivity contribution in [3.63, 3.8) is 0 Å². The van der Waals surface area contributed by atoms with Crippen LogP contribution in [0.15, 0.2) is 47.8 Å². The molecule has 1 aromatic heterocycles. The predicted octanol–water partition coefficient (Wildman–Crippen LogP) is 2.02. The van der Waals surface area contributed by atoms with Crippen LogP contribution in [0, 0.1) is 6.92 Å². The quantitative estimate of drug-likeness (QED) is 0.856. The summed E-state index contributed by atoms with van der Waals surface area (Å²) in [5, 5.41) is 0. The first-order valence-electron chi connectivity index (χ1n) is 7.55. The maximum atomic E-state index is 12.6. The number of rotatable bonds is 4. The van der Waals surface area contributed by atoms with Crippen LogP contribution in [-0.2, 0) is 10.0 Å². The SMILES string of the molecule is Cc1ccc(S(=O)(=O)N2CCC(Oc3ccncn3)CC2)cc1. The van der Waals surface area contributed by atoms with Crippen LogP contribution in [0.4, 0.5) is 0 Å². The molecule has 0 spiro atoms. The van der Waals surface area contributed by atoms with Crippen molar-refractivity contribution in [1.82, 2.24) is 14.3 Å². The number of piperidine rings is 1. The van der Waals surface area contributed by atoms with Crippen molar-refractivity contribution in [3.05, 3.63) is 48.4 Å². The minimum absolute atomic E-state index is 0.0191. The van der Waals surface area contributed by atoms with E-state index in [1.54, 1.807) is 24.4 Å². The van der Waals surface area contributed by atoms with Gasteiger partial charge < -0.3 is 4.74 Å². The Kier molecular flexibility index (Phi) is 4.58. The van der Waals surface area contributed by atoms with E-state index < -0.39 is 10.0 Å². The van der Waals surface area contributed by atoms with E-state index in [9.17, 15) is 8.42 Å². The van der Waals surface area contributed by atoms with Gasteiger partial charge in [-0.25, -0.2) is 18.4 Å². The van der Waals surface area contributed by atoms with Crippen LogP contribution < -0.4 is 4.74 Å². The van der Waals surface area contributed by atoms with Crippen LogP contribution >= 0.6 is 0 Å². The molecule has 0 N–H and O–H groups in total. The van der Waals surface area contributed by atoms with Crippen molar-refractivity contribution < 1.29 is 13.2 Å². The summed E-state index contributed by atoms with van der Waals surface area (Å²) in [5.74, 6) is 0.528. The lowest BCUT2D eigenvalue weighted by Crippen LogP contribution is -2.41. The van der Waals surface area contributed by atoms with Crippen LogP contribution in [0.1, 0.15) is 18.4 Å². The van der Waals surface area contributed by atoms with Crippen LogP contribution in [0.3, 0.4) is 0 Å². The zero-order valence-electron chi connectivity index (χ0n) is 12.9. The molecule has 0 unspecified atom stereocenters. The molecule has 23 heavy (non-hydrogen) atoms. The molecule has 0 radical (unpaired) electrons. The largest absolute Gasteiger partial charge is 0.474 e. The predicted molar refractivity (Wildman–Crippen MR) is 85.6 cm³/mol. The van der Waals surface area contributed by atoms with Crippen molar-refractivity contribution in [3.8, 4) is 5.88 Å². The molecule has 3 rings (SSSR count). The normalized spacial score (nSPS) is 17.1. The number of nitrogens with zero attached hydrogens (tertiary/aromatic N) is 3. The van der Waals surface area contributed by atoms with Crippen LogP contribution in [-0.4, -0.2) is 41.9 Å². The summed E-state index contributed by atoms with van der Waals surface area (Å²) in [7, 11) is -3.42. The van der Waals surface area contributed by atoms with E-state index in [2.05, 4.69) is 9.97 Å². The van der Waals surface area contributed by atoms with Gasteiger partial charge in [0, 0.05) is 25.4 Å². The molecule has 0 bridgehead atoms. The van der Waals surface area contributed by atoms with Crippen molar-refractivity contribution in [2.24, 2.45) is 0 Å². The van der Waals surface area contributed by atoms with E-state index in [1.165, 1.54) is 10.6 Å². The Balaban J connectivity index is 1.63. The third-order valence-corrected chi connectivity index (χ3v) is 5.81. The first-order valence-corrected chi connectivity index (χ1v) is 8.99. The maximum absolute atomic E-state index is 12.6. The number of sulfonamides is 1. The average molecular weight is 333 g/mol. The lowest BCUT2D eigenvalue weighted by molar-refractivity contribution is 0.129. The van der Waals surface area contributed by atoms with Gasteiger partial charge in [-0.15, -0.1) is 0 Å². The van der Waals surface area contributed by atoms with Gasteiger partial charge in [-0.1, -0.05) is 17.7 Å². The number of benzene rings is 1. The van der Waals surface area contributed by atoms with Gasteiger partial charge in [0.1, 0.15) is 12.4 Å². The van der Waals surface area contributed by atoms with Gasteiger partial charge in [0.25, 0.3) is 0 Å². The Labute approximate surface area is 136 Å². The van der Waals surface area contributed by atoms with Crippen molar-refractivity contribution in [2.75, 3.05) is 13.1 Å². The fraction of sp³-hybridized carbons (Fsp3) is 0.375. The molecule has 1 saturated heterocycles. The fourth-order valence-corrected chi connectivity index (χ4v) is 4.04. The Bertz CT molecular complexity index is 740. The summed E-state index contributed by atoms with van der Waals surface area (Å²) in [4.78, 5) is 8.22. The Morgan fingerprint density at radius 2 is 1.83 bits per heavy atom. The highest BCUT2D eigenvalue weighted by Gasteiger charge is 2.30. The molecule has 122 valence electrons. The first-order chi connectivity index (χ1) is 11.1. The van der Waals surface area contributed by atoms with Gasteiger partial charge in [0.2, 0.25) is 15.9 Å². The molecule has 0 saturated carbocycles. The summed E-state index contributed by atoms with van der Waals surface area (Å²) < 4.78 is 32.5. The number of hydrogen-bond donors (Lipinski definition) is 0. The Hall–Kier alpha value is -1.99. The van der Waals surface area contributed by atoms with Crippen molar-refractivity contribution >= 4 is 10.0 Å². The molecular weight excluding hydrogens is 314 g/mol. The summed E-state index contributed by atoms with van der Waals surface area (Å²) in [6.07, 6.45) is 4.34. The topological polar surface area (TPSA) is 72.4 Å². The number of hydrogen-bond acceptors (Lipinski definition) is 5. The van der Waals surface area contributed by atoms with Gasteiger partial charge in [0.05, 0.1) is 4.90 Å². The number of aromatic nitrogens is 2. The Morgan fingerprint density at radius 3 is 2.43 bits per heavy atom. The highest BCUT2D eigenvalue weighted by atomic mass is 32.2. The molecule has 1 aliphatic rings. The van der Waals surface area contributed by atoms with E-state index in [0.29, 0.717) is 36.7 Å². The Morgan fingerprint density at radius 1 is 1.13 bits per heavy atom. The molecule has 7 heteroatoms. The summed E-state index contributed by atoms with van der Waals surface area (Å²) >= 11 is 0. The smallest absolute Gasteiger partial charge is 0.243 e. The molecule has 2 heterocycles. The molecule has 1 aromatic carbocycles. The highest BCUT2D eigenvalue weighted by molar-refractivity contribution is 7.89. The minimum Gasteiger partial charge on any atom is -0.474 e. The van der Waals surface area contributed by atoms with Crippen LogP contribution in [0.25, 0.3) is 0 Å². The second-order valence-corrected chi connectivity index (χ2v) is 7.52. The average Bonchev–Trinajstić information content (AvgIpc) is 2.57. The van der Waals surface area contributed by atoms with E-state index >= 15 is 0 Å². The number of ether oxygens (including phenoxy) is 1. The summed E-state index contributed by atoms with van der Waals surface area (Å²) in [6.45, 7) is 2.84. The highest BCUT2D eigenvalue weighted by Crippen LogP contribution is 2.23. The standard InChI is InChI=1S/C16H19N3O3S/c1-13-2-4-15(5-3-13)23(20,21)19-10-7-14(8-11-19)22-16-6-9-17-12-18-16/h2-6,9,12,14H,7-8,10-11H2,1H3. The molecule has 2 aromatic rings. The number of aryl methyl sites for hydroxylation is 1. The molecule has 6 nitrogen and oxygen atoms in total. The summed E-state index contributed by atoms with van der Waals surface area (Å²) in [6, 6.07) is 8.66. The van der Waals surface area contributed by atoms with Gasteiger partial charge in [-0.2, -0.15) is 4.31 Å². The monoisotopic (exact) mass is 333 g/mol. The van der Waals surface area contributed by atoms with Crippen LogP contribution in [0.5, 0.6) is 5.88 Å². The van der Waals surface area contributed by atoms with E-state index in [-0.39, 0.29) is 6.10 Å². The van der Waals surface area contributed by atoms with Gasteiger partial charge >= 0.3 is 0 Å². The molecule has 1 fully saturated rings. The van der Waals surface area contributed by atoms with Gasteiger partial charge in [-0.3, -0.25) is 0 Å². The minimum atomic E-state index is -3.42. The second-order valence-electron chi connectivity index (χ2n) is 5.58. The van der Waals surface area contributed by atoms with Gasteiger partial charge in [-0.05, 0) is 31.9 Å². The molecule has 1 aliphatic heterocycles. The zero-order chi connectivity index (χ0) is 16.3. The summed E-state index contributed by atoms with van der Waals surface area (Å²) in [5.41, 5.74) is 1.04. The third-order valence-electron chi connectivity index (χ3n) is 3.90. The fourth-order valence-electron chi connectivity index (χ4n) is 2.57. The lowest BCUT2D eigenvalue weighted by atomic mass is 10.1. The molecule has 0 aliphatic carbocycles. The maximum Gasteiger partial charge on any atom is 0.243 e. The van der Waals surface area contributed by atoms with E-state index in [1.807, 2.05) is 19.1 Å². The van der Waals surface area contributed by atoms with Crippen LogP contribution in [0.2, 0.25) is 0 Å². The second kappa shape index (κ2) is 6.64. The molecule has 0 amide bonds. The van der Waals surface area contributed by atoms with E-state index in [4.69, 9.17) is 4.74 Å². The third kappa shape index (κ3) is 3.68. The zero-order valence-corrected chi connectivity index (χ0v) is 13.7. The van der Waals surface area contributed by atoms with Crippen molar-refractivity contribution in [2.45, 2.75) is 30.8 Å². The first kappa shape index (κ1) is 15.9. The molecule has 0 atom stereocenters. The lowest BCUT2D eigenvalue weighted by Gasteiger charge is -2.31.